The Hall–Kier alpha value is -3.64. The molecule has 2 atom stereocenters. The minimum Gasteiger partial charge on any atom is -0.497 e. The van der Waals surface area contributed by atoms with Crippen LogP contribution in [0.1, 0.15) is 52.8 Å². The first-order valence-corrected chi connectivity index (χ1v) is 12.8. The van der Waals surface area contributed by atoms with Crippen molar-refractivity contribution in [1.29, 1.82) is 0 Å². The summed E-state index contributed by atoms with van der Waals surface area (Å²) in [5.74, 6) is 0.799. The van der Waals surface area contributed by atoms with Crippen LogP contribution in [0.2, 0.25) is 0 Å². The van der Waals surface area contributed by atoms with Crippen molar-refractivity contribution in [3.63, 3.8) is 0 Å². The number of nitrogens with zero attached hydrogens (tertiary/aromatic N) is 3. The summed E-state index contributed by atoms with van der Waals surface area (Å²) >= 11 is 5.93. The maximum absolute atomic E-state index is 5.93. The molecule has 0 aliphatic carbocycles. The molecule has 5 rings (SSSR count). The number of aromatic nitrogens is 2. The van der Waals surface area contributed by atoms with E-state index in [1.165, 1.54) is 33.8 Å². The Morgan fingerprint density at radius 1 is 1.00 bits per heavy atom. The van der Waals surface area contributed by atoms with E-state index in [9.17, 15) is 0 Å². The van der Waals surface area contributed by atoms with E-state index in [1.807, 2.05) is 36.5 Å². The van der Waals surface area contributed by atoms with Crippen molar-refractivity contribution < 1.29 is 4.74 Å². The third-order valence-electron chi connectivity index (χ3n) is 7.14. The zero-order valence-electron chi connectivity index (χ0n) is 21.4. The second-order valence-electron chi connectivity index (χ2n) is 9.30. The number of pyridine rings is 1. The number of para-hydroxylation sites is 1. The molecule has 1 aliphatic heterocycles. The highest BCUT2D eigenvalue weighted by Gasteiger charge is 2.42. The van der Waals surface area contributed by atoms with Crippen LogP contribution in [0.4, 0.5) is 5.69 Å². The fraction of sp³-hybridized carbons (Fsp3) is 0.267. The molecule has 4 aromatic rings. The van der Waals surface area contributed by atoms with E-state index in [4.69, 9.17) is 21.9 Å². The first-order valence-electron chi connectivity index (χ1n) is 12.4. The molecule has 2 aromatic heterocycles. The van der Waals surface area contributed by atoms with Crippen molar-refractivity contribution >= 4 is 23.0 Å². The molecule has 0 spiro atoms. The second-order valence-corrected chi connectivity index (χ2v) is 9.68. The summed E-state index contributed by atoms with van der Waals surface area (Å²) in [5.41, 5.74) is 9.48. The van der Waals surface area contributed by atoms with Crippen LogP contribution < -0.4 is 15.0 Å². The standard InChI is InChI=1S/C30H32N4OS/c1-6-22-12-9-11-19(2)28(22)33-20(3)17-25(21(33)4)29-27(26-15-7-8-16-31-26)32-30(36)34(29)23-13-10-14-24(18-23)35-5/h7-18,27,29H,6H2,1-5H3,(H,32,36). The van der Waals surface area contributed by atoms with E-state index >= 15 is 0 Å². The lowest BCUT2D eigenvalue weighted by atomic mass is 9.96. The van der Waals surface area contributed by atoms with E-state index in [0.717, 1.165) is 23.6 Å². The lowest BCUT2D eigenvalue weighted by molar-refractivity contribution is 0.415. The van der Waals surface area contributed by atoms with Crippen LogP contribution in [0.25, 0.3) is 5.69 Å². The smallest absolute Gasteiger partial charge is 0.174 e. The summed E-state index contributed by atoms with van der Waals surface area (Å²) in [6.45, 7) is 8.82. The average Bonchev–Trinajstić information content (AvgIpc) is 3.39. The van der Waals surface area contributed by atoms with Gasteiger partial charge in [-0.1, -0.05) is 37.3 Å². The van der Waals surface area contributed by atoms with Gasteiger partial charge in [0.1, 0.15) is 5.75 Å². The van der Waals surface area contributed by atoms with Gasteiger partial charge in [0.25, 0.3) is 0 Å². The Bertz CT molecular complexity index is 1410. The number of aryl methyl sites for hydroxylation is 3. The van der Waals surface area contributed by atoms with Crippen LogP contribution in [0.5, 0.6) is 5.75 Å². The lowest BCUT2D eigenvalue weighted by Gasteiger charge is -2.28. The molecule has 5 nitrogen and oxygen atoms in total. The molecule has 0 bridgehead atoms. The van der Waals surface area contributed by atoms with Gasteiger partial charge in [-0.25, -0.2) is 0 Å². The fourth-order valence-corrected chi connectivity index (χ4v) is 5.81. The molecule has 1 saturated heterocycles. The maximum Gasteiger partial charge on any atom is 0.174 e. The van der Waals surface area contributed by atoms with Gasteiger partial charge >= 0.3 is 0 Å². The number of hydrogen-bond donors (Lipinski definition) is 1. The Morgan fingerprint density at radius 2 is 1.81 bits per heavy atom. The molecule has 36 heavy (non-hydrogen) atoms. The first kappa shape index (κ1) is 24.1. The zero-order chi connectivity index (χ0) is 25.4. The highest BCUT2D eigenvalue weighted by molar-refractivity contribution is 7.80. The van der Waals surface area contributed by atoms with Crippen LogP contribution in [-0.2, 0) is 6.42 Å². The summed E-state index contributed by atoms with van der Waals surface area (Å²) in [7, 11) is 1.69. The van der Waals surface area contributed by atoms with Crippen molar-refractivity contribution in [1.82, 2.24) is 14.9 Å². The third-order valence-corrected chi connectivity index (χ3v) is 7.46. The maximum atomic E-state index is 5.93. The molecule has 2 unspecified atom stereocenters. The number of benzene rings is 2. The second kappa shape index (κ2) is 9.78. The van der Waals surface area contributed by atoms with Gasteiger partial charge in [0.2, 0.25) is 0 Å². The Labute approximate surface area is 218 Å². The van der Waals surface area contributed by atoms with Gasteiger partial charge in [0.15, 0.2) is 5.11 Å². The molecule has 1 fully saturated rings. The van der Waals surface area contributed by atoms with Gasteiger partial charge in [-0.3, -0.25) is 4.98 Å². The quantitative estimate of drug-likeness (QED) is 0.307. The number of thiocarbonyl (C=S) groups is 1. The molecule has 0 saturated carbocycles. The molecule has 6 heteroatoms. The number of rotatable bonds is 6. The van der Waals surface area contributed by atoms with Crippen molar-refractivity contribution in [2.45, 2.75) is 46.2 Å². The third kappa shape index (κ3) is 4.05. The van der Waals surface area contributed by atoms with E-state index in [2.05, 4.69) is 78.9 Å². The van der Waals surface area contributed by atoms with Gasteiger partial charge in [0, 0.05) is 29.3 Å². The normalized spacial score (nSPS) is 17.4. The average molecular weight is 497 g/mol. The minimum atomic E-state index is -0.0960. The van der Waals surface area contributed by atoms with Crippen molar-refractivity contribution in [3.8, 4) is 11.4 Å². The highest BCUT2D eigenvalue weighted by atomic mass is 32.1. The van der Waals surface area contributed by atoms with Crippen LogP contribution in [0.15, 0.2) is 72.9 Å². The van der Waals surface area contributed by atoms with E-state index in [0.29, 0.717) is 5.11 Å². The summed E-state index contributed by atoms with van der Waals surface area (Å²) in [5, 5.41) is 4.26. The molecule has 3 heterocycles. The largest absolute Gasteiger partial charge is 0.497 e. The van der Waals surface area contributed by atoms with Crippen molar-refractivity contribution in [3.05, 3.63) is 107 Å². The predicted octanol–water partition coefficient (Wildman–Crippen LogP) is 6.55. The van der Waals surface area contributed by atoms with Crippen LogP contribution in [-0.4, -0.2) is 21.8 Å². The fourth-order valence-electron chi connectivity index (χ4n) is 5.47. The Morgan fingerprint density at radius 3 is 2.53 bits per heavy atom. The van der Waals surface area contributed by atoms with E-state index < -0.39 is 0 Å². The predicted molar refractivity (Wildman–Crippen MR) is 150 cm³/mol. The molecular weight excluding hydrogens is 464 g/mol. The number of methoxy groups -OCH3 is 1. The van der Waals surface area contributed by atoms with Crippen LogP contribution >= 0.6 is 12.2 Å². The van der Waals surface area contributed by atoms with Crippen LogP contribution in [0.3, 0.4) is 0 Å². The van der Waals surface area contributed by atoms with E-state index in [-0.39, 0.29) is 12.1 Å². The van der Waals surface area contributed by atoms with Crippen molar-refractivity contribution in [2.75, 3.05) is 12.0 Å². The van der Waals surface area contributed by atoms with Gasteiger partial charge in [-0.2, -0.15) is 0 Å². The summed E-state index contributed by atoms with van der Waals surface area (Å²) in [6.07, 6.45) is 2.82. The van der Waals surface area contributed by atoms with Crippen molar-refractivity contribution in [2.24, 2.45) is 0 Å². The van der Waals surface area contributed by atoms with Crippen LogP contribution in [0, 0.1) is 20.8 Å². The number of ether oxygens (including phenoxy) is 1. The molecule has 0 amide bonds. The summed E-state index contributed by atoms with van der Waals surface area (Å²) in [6, 6.07) is 22.8. The number of anilines is 1. The number of hydrogen-bond acceptors (Lipinski definition) is 3. The Balaban J connectivity index is 1.71. The lowest BCUT2D eigenvalue weighted by Crippen LogP contribution is -2.29. The van der Waals surface area contributed by atoms with Gasteiger partial charge < -0.3 is 19.5 Å². The highest BCUT2D eigenvalue weighted by Crippen LogP contribution is 2.44. The van der Waals surface area contributed by atoms with Gasteiger partial charge in [-0.05, 0) is 86.4 Å². The van der Waals surface area contributed by atoms with E-state index in [1.54, 1.807) is 7.11 Å². The van der Waals surface area contributed by atoms with Gasteiger partial charge in [-0.15, -0.1) is 0 Å². The topological polar surface area (TPSA) is 42.3 Å². The molecular formula is C30H32N4OS. The summed E-state index contributed by atoms with van der Waals surface area (Å²) < 4.78 is 7.95. The summed E-state index contributed by atoms with van der Waals surface area (Å²) in [4.78, 5) is 6.92. The molecule has 0 radical (unpaired) electrons. The van der Waals surface area contributed by atoms with Gasteiger partial charge in [0.05, 0.1) is 30.6 Å². The molecule has 1 N–H and O–H groups in total. The molecule has 184 valence electrons. The first-order chi connectivity index (χ1) is 17.4. The zero-order valence-corrected chi connectivity index (χ0v) is 22.3. The molecule has 1 aliphatic rings. The monoisotopic (exact) mass is 496 g/mol. The SMILES string of the molecule is CCc1cccc(C)c1-n1c(C)cc(C2C(c3ccccn3)NC(=S)N2c2cccc(OC)c2)c1C. The number of nitrogens with one attached hydrogen (secondary N) is 1. The minimum absolute atomic E-state index is 0.0754. The molecule has 2 aromatic carbocycles. The Kier molecular flexibility index (Phi) is 6.54.